The van der Waals surface area contributed by atoms with Gasteiger partial charge in [-0.05, 0) is 31.9 Å². The van der Waals surface area contributed by atoms with Crippen LogP contribution in [0.15, 0.2) is 30.6 Å². The van der Waals surface area contributed by atoms with E-state index in [-0.39, 0.29) is 0 Å². The van der Waals surface area contributed by atoms with Crippen LogP contribution in [0.3, 0.4) is 0 Å². The highest BCUT2D eigenvalue weighted by Gasteiger charge is 2.29. The number of nitrogens with zero attached hydrogens (tertiary/aromatic N) is 1. The maximum absolute atomic E-state index is 10.6. The molecule has 2 N–H and O–H groups in total. The summed E-state index contributed by atoms with van der Waals surface area (Å²) in [5.41, 5.74) is 2.02. The Labute approximate surface area is 95.2 Å². The van der Waals surface area contributed by atoms with Crippen LogP contribution in [0.2, 0.25) is 0 Å². The first-order chi connectivity index (χ1) is 7.51. The molecular weight excluding hydrogens is 200 g/mol. The van der Waals surface area contributed by atoms with E-state index in [1.807, 2.05) is 32.0 Å². The van der Waals surface area contributed by atoms with Gasteiger partial charge in [0.25, 0.3) is 0 Å². The molecule has 0 aliphatic heterocycles. The summed E-state index contributed by atoms with van der Waals surface area (Å²) in [4.78, 5) is 7.09. The number of aryl methyl sites for hydroxylation is 2. The molecule has 0 radical (unpaired) electrons. The number of hydrogen-bond acceptors (Lipinski definition) is 2. The molecule has 0 spiro atoms. The van der Waals surface area contributed by atoms with Gasteiger partial charge in [0.1, 0.15) is 11.4 Å². The Morgan fingerprint density at radius 1 is 1.31 bits per heavy atom. The minimum atomic E-state index is -1.07. The Morgan fingerprint density at radius 2 is 2.06 bits per heavy atom. The zero-order valence-electron chi connectivity index (χ0n) is 9.78. The van der Waals surface area contributed by atoms with E-state index in [2.05, 4.69) is 9.97 Å². The third-order valence-corrected chi connectivity index (χ3v) is 2.88. The van der Waals surface area contributed by atoms with Gasteiger partial charge in [-0.15, -0.1) is 0 Å². The number of hydrogen-bond donors (Lipinski definition) is 2. The van der Waals surface area contributed by atoms with Crippen LogP contribution in [0.1, 0.15) is 29.4 Å². The van der Waals surface area contributed by atoms with Crippen molar-refractivity contribution in [1.82, 2.24) is 9.97 Å². The van der Waals surface area contributed by atoms with Crippen LogP contribution in [-0.4, -0.2) is 15.1 Å². The van der Waals surface area contributed by atoms with Crippen LogP contribution in [0.25, 0.3) is 0 Å². The third kappa shape index (κ3) is 1.74. The molecule has 3 nitrogen and oxygen atoms in total. The molecule has 1 aromatic heterocycles. The fourth-order valence-corrected chi connectivity index (χ4v) is 1.92. The van der Waals surface area contributed by atoms with Crippen molar-refractivity contribution in [2.45, 2.75) is 26.4 Å². The van der Waals surface area contributed by atoms with E-state index in [9.17, 15) is 5.11 Å². The summed E-state index contributed by atoms with van der Waals surface area (Å²) in [5, 5.41) is 10.6. The van der Waals surface area contributed by atoms with Crippen LogP contribution in [0, 0.1) is 13.8 Å². The van der Waals surface area contributed by atoms with E-state index in [0.29, 0.717) is 5.82 Å². The average Bonchev–Trinajstić information content (AvgIpc) is 2.75. The van der Waals surface area contributed by atoms with Gasteiger partial charge in [0.2, 0.25) is 0 Å². The van der Waals surface area contributed by atoms with Crippen LogP contribution < -0.4 is 0 Å². The molecule has 0 saturated heterocycles. The fourth-order valence-electron chi connectivity index (χ4n) is 1.92. The van der Waals surface area contributed by atoms with Gasteiger partial charge in [-0.3, -0.25) is 0 Å². The second-order valence-corrected chi connectivity index (χ2v) is 4.33. The summed E-state index contributed by atoms with van der Waals surface area (Å²) in [5.74, 6) is 0.571. The van der Waals surface area contributed by atoms with Crippen LogP contribution in [-0.2, 0) is 5.60 Å². The maximum Gasteiger partial charge on any atom is 0.144 e. The molecule has 0 aliphatic carbocycles. The summed E-state index contributed by atoms with van der Waals surface area (Å²) in [6.07, 6.45) is 3.36. The molecule has 0 fully saturated rings. The van der Waals surface area contributed by atoms with Crippen molar-refractivity contribution in [2.75, 3.05) is 0 Å². The molecule has 0 saturated carbocycles. The standard InChI is InChI=1S/C13H16N2O/c1-9-4-5-10(2)11(8-9)13(3,16)12-14-6-7-15-12/h4-8,16H,1-3H3,(H,14,15)/t13-/m1/s1. The lowest BCUT2D eigenvalue weighted by Crippen LogP contribution is -2.25. The van der Waals surface area contributed by atoms with Crippen molar-refractivity contribution in [3.63, 3.8) is 0 Å². The lowest BCUT2D eigenvalue weighted by atomic mass is 9.90. The summed E-state index contributed by atoms with van der Waals surface area (Å²) in [6, 6.07) is 6.05. The van der Waals surface area contributed by atoms with Crippen molar-refractivity contribution in [3.05, 3.63) is 53.1 Å². The lowest BCUT2D eigenvalue weighted by Gasteiger charge is -2.23. The highest BCUT2D eigenvalue weighted by atomic mass is 16.3. The molecule has 2 rings (SSSR count). The molecule has 0 aliphatic rings. The van der Waals surface area contributed by atoms with E-state index in [4.69, 9.17) is 0 Å². The molecule has 1 aromatic carbocycles. The van der Waals surface area contributed by atoms with Gasteiger partial charge in [0.05, 0.1) is 0 Å². The topological polar surface area (TPSA) is 48.9 Å². The molecule has 84 valence electrons. The number of aliphatic hydroxyl groups is 1. The monoisotopic (exact) mass is 216 g/mol. The Hall–Kier alpha value is -1.61. The third-order valence-electron chi connectivity index (χ3n) is 2.88. The minimum Gasteiger partial charge on any atom is -0.377 e. The number of aromatic nitrogens is 2. The smallest absolute Gasteiger partial charge is 0.144 e. The number of nitrogens with one attached hydrogen (secondary N) is 1. The largest absolute Gasteiger partial charge is 0.377 e. The van der Waals surface area contributed by atoms with E-state index in [1.165, 1.54) is 0 Å². The molecule has 2 aromatic rings. The Bertz CT molecular complexity index is 487. The van der Waals surface area contributed by atoms with Crippen molar-refractivity contribution >= 4 is 0 Å². The molecule has 16 heavy (non-hydrogen) atoms. The molecule has 0 bridgehead atoms. The van der Waals surface area contributed by atoms with Crippen LogP contribution in [0.4, 0.5) is 0 Å². The zero-order chi connectivity index (χ0) is 11.8. The first-order valence-electron chi connectivity index (χ1n) is 5.32. The first-order valence-corrected chi connectivity index (χ1v) is 5.32. The van der Waals surface area contributed by atoms with Crippen molar-refractivity contribution < 1.29 is 5.11 Å². The van der Waals surface area contributed by atoms with E-state index >= 15 is 0 Å². The normalized spacial score (nSPS) is 14.8. The van der Waals surface area contributed by atoms with Crippen LogP contribution >= 0.6 is 0 Å². The number of imidazole rings is 1. The maximum atomic E-state index is 10.6. The van der Waals surface area contributed by atoms with Gasteiger partial charge in [0.15, 0.2) is 0 Å². The molecule has 3 heteroatoms. The Morgan fingerprint density at radius 3 is 2.69 bits per heavy atom. The predicted octanol–water partition coefficient (Wildman–Crippen LogP) is 2.28. The number of H-pyrrole nitrogens is 1. The Kier molecular flexibility index (Phi) is 2.56. The van der Waals surface area contributed by atoms with E-state index in [0.717, 1.165) is 16.7 Å². The second kappa shape index (κ2) is 3.76. The molecular formula is C13H16N2O. The predicted molar refractivity (Wildman–Crippen MR) is 63.2 cm³/mol. The minimum absolute atomic E-state index is 0.571. The van der Waals surface area contributed by atoms with Gasteiger partial charge in [-0.25, -0.2) is 4.98 Å². The molecule has 0 unspecified atom stereocenters. The quantitative estimate of drug-likeness (QED) is 0.809. The highest BCUT2D eigenvalue weighted by Crippen LogP contribution is 2.29. The van der Waals surface area contributed by atoms with Gasteiger partial charge < -0.3 is 10.1 Å². The summed E-state index contributed by atoms with van der Waals surface area (Å²) < 4.78 is 0. The van der Waals surface area contributed by atoms with Crippen molar-refractivity contribution in [3.8, 4) is 0 Å². The highest BCUT2D eigenvalue weighted by molar-refractivity contribution is 5.38. The van der Waals surface area contributed by atoms with Gasteiger partial charge >= 0.3 is 0 Å². The summed E-state index contributed by atoms with van der Waals surface area (Å²) in [7, 11) is 0. The SMILES string of the molecule is Cc1ccc(C)c([C@@](C)(O)c2ncc[nH]2)c1. The summed E-state index contributed by atoms with van der Waals surface area (Å²) >= 11 is 0. The molecule has 1 heterocycles. The van der Waals surface area contributed by atoms with Crippen molar-refractivity contribution in [2.24, 2.45) is 0 Å². The zero-order valence-corrected chi connectivity index (χ0v) is 9.78. The second-order valence-electron chi connectivity index (χ2n) is 4.33. The summed E-state index contributed by atoms with van der Waals surface area (Å²) in [6.45, 7) is 5.76. The van der Waals surface area contributed by atoms with Gasteiger partial charge in [0, 0.05) is 12.4 Å². The average molecular weight is 216 g/mol. The van der Waals surface area contributed by atoms with Crippen LogP contribution in [0.5, 0.6) is 0 Å². The number of rotatable bonds is 2. The van der Waals surface area contributed by atoms with E-state index < -0.39 is 5.60 Å². The number of aromatic amines is 1. The molecule has 0 amide bonds. The van der Waals surface area contributed by atoms with E-state index in [1.54, 1.807) is 19.3 Å². The fraction of sp³-hybridized carbons (Fsp3) is 0.308. The van der Waals surface area contributed by atoms with Crippen molar-refractivity contribution in [1.29, 1.82) is 0 Å². The molecule has 1 atom stereocenters. The first kappa shape index (κ1) is 10.9. The van der Waals surface area contributed by atoms with Gasteiger partial charge in [-0.2, -0.15) is 0 Å². The number of benzene rings is 1. The Balaban J connectivity index is 2.55. The van der Waals surface area contributed by atoms with Gasteiger partial charge in [-0.1, -0.05) is 23.8 Å². The lowest BCUT2D eigenvalue weighted by molar-refractivity contribution is 0.0924.